The molecule has 3 N–H and O–H groups in total. The Hall–Kier alpha value is -1.31. The van der Waals surface area contributed by atoms with Crippen molar-refractivity contribution >= 4 is 34.5 Å². The predicted octanol–water partition coefficient (Wildman–Crippen LogP) is 2.23. The van der Waals surface area contributed by atoms with Crippen LogP contribution in [0.2, 0.25) is 0 Å². The molecule has 104 valence electrons. The van der Waals surface area contributed by atoms with Gasteiger partial charge in [0.2, 0.25) is 0 Å². The van der Waals surface area contributed by atoms with Crippen molar-refractivity contribution < 1.29 is 19.8 Å². The number of carbonyl (C=O) groups excluding carboxylic acids is 1. The van der Waals surface area contributed by atoms with Gasteiger partial charge in [-0.05, 0) is 46.7 Å². The molecule has 1 unspecified atom stereocenters. The van der Waals surface area contributed by atoms with Crippen LogP contribution in [-0.4, -0.2) is 28.6 Å². The first-order valence-corrected chi connectivity index (χ1v) is 7.00. The quantitative estimate of drug-likeness (QED) is 0.664. The molecule has 0 aliphatic rings. The van der Waals surface area contributed by atoms with E-state index < -0.39 is 5.97 Å². The van der Waals surface area contributed by atoms with Crippen molar-refractivity contribution in [2.75, 3.05) is 6.54 Å². The van der Waals surface area contributed by atoms with Crippen molar-refractivity contribution in [2.24, 2.45) is 5.92 Å². The van der Waals surface area contributed by atoms with Gasteiger partial charge in [-0.3, -0.25) is 9.59 Å². The van der Waals surface area contributed by atoms with E-state index in [4.69, 9.17) is 5.11 Å². The van der Waals surface area contributed by atoms with Gasteiger partial charge < -0.3 is 15.5 Å². The number of carbonyl (C=O) groups is 2. The third-order valence-corrected chi connectivity index (χ3v) is 3.71. The SMILES string of the molecule is CCC(CNC(=O)c1ccc(I)c(O)c1)CC(=O)O. The molecule has 0 heterocycles. The largest absolute Gasteiger partial charge is 0.507 e. The van der Waals surface area contributed by atoms with Crippen molar-refractivity contribution in [1.82, 2.24) is 5.32 Å². The highest BCUT2D eigenvalue weighted by Gasteiger charge is 2.14. The van der Waals surface area contributed by atoms with Gasteiger partial charge in [-0.25, -0.2) is 0 Å². The minimum Gasteiger partial charge on any atom is -0.507 e. The van der Waals surface area contributed by atoms with Gasteiger partial charge in [0.05, 0.1) is 3.57 Å². The van der Waals surface area contributed by atoms with Crippen molar-refractivity contribution in [2.45, 2.75) is 19.8 Å². The van der Waals surface area contributed by atoms with Gasteiger partial charge in [0.1, 0.15) is 5.75 Å². The van der Waals surface area contributed by atoms with E-state index in [0.29, 0.717) is 22.1 Å². The number of phenolic OH excluding ortho intramolecular Hbond substituents is 1. The summed E-state index contributed by atoms with van der Waals surface area (Å²) in [6.07, 6.45) is 0.721. The Bertz CT molecular complexity index is 476. The number of hydrogen-bond donors (Lipinski definition) is 3. The van der Waals surface area contributed by atoms with E-state index in [2.05, 4.69) is 5.32 Å². The molecule has 1 aromatic rings. The molecule has 0 spiro atoms. The summed E-state index contributed by atoms with van der Waals surface area (Å²) < 4.78 is 0.673. The van der Waals surface area contributed by atoms with Crippen LogP contribution in [0.15, 0.2) is 18.2 Å². The topological polar surface area (TPSA) is 86.6 Å². The van der Waals surface area contributed by atoms with Crippen LogP contribution in [0.25, 0.3) is 0 Å². The predicted molar refractivity (Wildman–Crippen MR) is 79.2 cm³/mol. The lowest BCUT2D eigenvalue weighted by atomic mass is 10.0. The Morgan fingerprint density at radius 1 is 1.42 bits per heavy atom. The number of aliphatic carboxylic acids is 1. The van der Waals surface area contributed by atoms with Gasteiger partial charge in [-0.2, -0.15) is 0 Å². The summed E-state index contributed by atoms with van der Waals surface area (Å²) in [7, 11) is 0. The molecule has 0 bridgehead atoms. The number of nitrogens with one attached hydrogen (secondary N) is 1. The fourth-order valence-electron chi connectivity index (χ4n) is 1.60. The van der Waals surface area contributed by atoms with Crippen LogP contribution in [0.3, 0.4) is 0 Å². The number of carboxylic acid groups (broad SMARTS) is 1. The molecule has 0 saturated carbocycles. The lowest BCUT2D eigenvalue weighted by Gasteiger charge is -2.13. The van der Waals surface area contributed by atoms with Crippen molar-refractivity contribution in [3.05, 3.63) is 27.3 Å². The number of halogens is 1. The van der Waals surface area contributed by atoms with Crippen molar-refractivity contribution in [3.8, 4) is 5.75 Å². The second kappa shape index (κ2) is 7.32. The number of benzene rings is 1. The Labute approximate surface area is 125 Å². The molecule has 1 aromatic carbocycles. The van der Waals surface area contributed by atoms with Crippen LogP contribution in [-0.2, 0) is 4.79 Å². The van der Waals surface area contributed by atoms with E-state index in [0.717, 1.165) is 0 Å². The summed E-state index contributed by atoms with van der Waals surface area (Å²) in [5.41, 5.74) is 0.364. The second-order valence-corrected chi connectivity index (χ2v) is 5.41. The zero-order chi connectivity index (χ0) is 14.4. The molecule has 1 amide bonds. The van der Waals surface area contributed by atoms with Gasteiger partial charge in [-0.1, -0.05) is 13.3 Å². The fraction of sp³-hybridized carbons (Fsp3) is 0.385. The Balaban J connectivity index is 2.59. The summed E-state index contributed by atoms with van der Waals surface area (Å²) in [5, 5.41) is 20.9. The summed E-state index contributed by atoms with van der Waals surface area (Å²) in [6, 6.07) is 4.67. The monoisotopic (exact) mass is 377 g/mol. The molecule has 0 fully saturated rings. The lowest BCUT2D eigenvalue weighted by Crippen LogP contribution is -2.30. The molecule has 1 atom stereocenters. The van der Waals surface area contributed by atoms with Gasteiger partial charge in [0.25, 0.3) is 5.91 Å². The first kappa shape index (κ1) is 15.7. The molecular weight excluding hydrogens is 361 g/mol. The van der Waals surface area contributed by atoms with Gasteiger partial charge in [-0.15, -0.1) is 0 Å². The van der Waals surface area contributed by atoms with Gasteiger partial charge in [0, 0.05) is 18.5 Å². The van der Waals surface area contributed by atoms with Crippen molar-refractivity contribution in [3.63, 3.8) is 0 Å². The molecule has 0 radical (unpaired) electrons. The van der Waals surface area contributed by atoms with E-state index in [1.165, 1.54) is 6.07 Å². The highest BCUT2D eigenvalue weighted by Crippen LogP contribution is 2.20. The van der Waals surface area contributed by atoms with Crippen LogP contribution in [0.1, 0.15) is 30.1 Å². The van der Waals surface area contributed by atoms with Crippen LogP contribution in [0.5, 0.6) is 5.75 Å². The van der Waals surface area contributed by atoms with E-state index in [9.17, 15) is 14.7 Å². The maximum Gasteiger partial charge on any atom is 0.303 e. The average Bonchev–Trinajstić information content (AvgIpc) is 2.36. The third-order valence-electron chi connectivity index (χ3n) is 2.80. The number of phenols is 1. The first-order valence-electron chi connectivity index (χ1n) is 5.92. The molecule has 0 aromatic heterocycles. The minimum absolute atomic E-state index is 0.0364. The smallest absolute Gasteiger partial charge is 0.303 e. The molecule has 0 aliphatic carbocycles. The third kappa shape index (κ3) is 5.06. The maximum absolute atomic E-state index is 11.8. The summed E-state index contributed by atoms with van der Waals surface area (Å²) in [6.45, 7) is 2.20. The fourth-order valence-corrected chi connectivity index (χ4v) is 1.94. The van der Waals surface area contributed by atoms with Crippen molar-refractivity contribution in [1.29, 1.82) is 0 Å². The Kier molecular flexibility index (Phi) is 6.07. The molecule has 0 saturated heterocycles. The maximum atomic E-state index is 11.8. The Morgan fingerprint density at radius 2 is 2.11 bits per heavy atom. The van der Waals surface area contributed by atoms with Crippen LogP contribution >= 0.6 is 22.6 Å². The molecule has 0 aliphatic heterocycles. The number of aromatic hydroxyl groups is 1. The molecular formula is C13H16INO4. The highest BCUT2D eigenvalue weighted by atomic mass is 127. The summed E-state index contributed by atoms with van der Waals surface area (Å²) >= 11 is 1.97. The molecule has 5 nitrogen and oxygen atoms in total. The standard InChI is InChI=1S/C13H16INO4/c1-2-8(5-12(17)18)7-15-13(19)9-3-4-10(14)11(16)6-9/h3-4,6,8,16H,2,5,7H2,1H3,(H,15,19)(H,17,18). The normalized spacial score (nSPS) is 11.9. The number of carboxylic acids is 1. The van der Waals surface area contributed by atoms with E-state index >= 15 is 0 Å². The number of hydrogen-bond acceptors (Lipinski definition) is 3. The average molecular weight is 377 g/mol. The van der Waals surface area contributed by atoms with Gasteiger partial charge in [0.15, 0.2) is 0 Å². The van der Waals surface area contributed by atoms with E-state index in [1.807, 2.05) is 29.5 Å². The summed E-state index contributed by atoms with van der Waals surface area (Å²) in [4.78, 5) is 22.5. The second-order valence-electron chi connectivity index (χ2n) is 4.25. The highest BCUT2D eigenvalue weighted by molar-refractivity contribution is 14.1. The zero-order valence-electron chi connectivity index (χ0n) is 10.5. The van der Waals surface area contributed by atoms with Crippen LogP contribution in [0.4, 0.5) is 0 Å². The lowest BCUT2D eigenvalue weighted by molar-refractivity contribution is -0.138. The minimum atomic E-state index is -0.868. The molecule has 1 rings (SSSR count). The van der Waals surface area contributed by atoms with E-state index in [-0.39, 0.29) is 24.0 Å². The number of amides is 1. The van der Waals surface area contributed by atoms with E-state index in [1.54, 1.807) is 12.1 Å². The first-order chi connectivity index (χ1) is 8.93. The van der Waals surface area contributed by atoms with Gasteiger partial charge >= 0.3 is 5.97 Å². The number of rotatable bonds is 6. The van der Waals surface area contributed by atoms with Crippen LogP contribution < -0.4 is 5.32 Å². The Morgan fingerprint density at radius 3 is 2.63 bits per heavy atom. The molecule has 6 heteroatoms. The zero-order valence-corrected chi connectivity index (χ0v) is 12.7. The summed E-state index contributed by atoms with van der Waals surface area (Å²) in [5.74, 6) is -1.20. The van der Waals surface area contributed by atoms with Crippen LogP contribution in [0, 0.1) is 9.49 Å². The molecule has 19 heavy (non-hydrogen) atoms.